The van der Waals surface area contributed by atoms with E-state index in [1.807, 2.05) is 18.8 Å². The van der Waals surface area contributed by atoms with Gasteiger partial charge in [-0.3, -0.25) is 0 Å². The van der Waals surface area contributed by atoms with Crippen molar-refractivity contribution >= 4 is 11.8 Å². The Kier molecular flexibility index (Phi) is 10.6. The van der Waals surface area contributed by atoms with E-state index in [1.165, 1.54) is 25.0 Å². The van der Waals surface area contributed by atoms with Gasteiger partial charge in [-0.2, -0.15) is 11.8 Å². The van der Waals surface area contributed by atoms with Crippen molar-refractivity contribution in [3.05, 3.63) is 0 Å². The van der Waals surface area contributed by atoms with Crippen LogP contribution in [0.15, 0.2) is 0 Å². The zero-order valence-electron chi connectivity index (χ0n) is 9.14. The van der Waals surface area contributed by atoms with Crippen LogP contribution >= 0.6 is 11.8 Å². The topological polar surface area (TPSA) is 21.3 Å². The highest BCUT2D eigenvalue weighted by Crippen LogP contribution is 2.07. The number of ether oxygens (including phenoxy) is 1. The second-order valence-electron chi connectivity index (χ2n) is 3.29. The number of thioether (sulfide) groups is 1. The molecule has 0 rings (SSSR count). The maximum absolute atomic E-state index is 4.97. The Morgan fingerprint density at radius 3 is 2.69 bits per heavy atom. The van der Waals surface area contributed by atoms with Crippen molar-refractivity contribution in [3.8, 4) is 0 Å². The second kappa shape index (κ2) is 10.4. The number of hydrogen-bond acceptors (Lipinski definition) is 3. The van der Waals surface area contributed by atoms with Crippen LogP contribution in [0.25, 0.3) is 0 Å². The molecule has 0 radical (unpaired) electrons. The van der Waals surface area contributed by atoms with E-state index in [0.29, 0.717) is 6.04 Å². The normalized spacial score (nSPS) is 13.2. The van der Waals surface area contributed by atoms with Crippen LogP contribution in [-0.4, -0.2) is 38.3 Å². The van der Waals surface area contributed by atoms with Crippen LogP contribution in [0.1, 0.15) is 26.2 Å². The summed E-state index contributed by atoms with van der Waals surface area (Å²) in [5.41, 5.74) is 0. The van der Waals surface area contributed by atoms with Gasteiger partial charge in [-0.05, 0) is 32.6 Å². The van der Waals surface area contributed by atoms with E-state index in [0.717, 1.165) is 12.4 Å². The fourth-order valence-corrected chi connectivity index (χ4v) is 1.94. The number of hydrogen-bond donors (Lipinski definition) is 1. The zero-order chi connectivity index (χ0) is 9.94. The van der Waals surface area contributed by atoms with Gasteiger partial charge in [-0.25, -0.2) is 0 Å². The molecule has 0 amide bonds. The molecule has 0 aromatic carbocycles. The van der Waals surface area contributed by atoms with Crippen LogP contribution in [0.4, 0.5) is 0 Å². The molecule has 0 spiro atoms. The van der Waals surface area contributed by atoms with Gasteiger partial charge in [0.15, 0.2) is 0 Å². The minimum atomic E-state index is 0.670. The Morgan fingerprint density at radius 1 is 1.31 bits per heavy atom. The predicted molar refractivity (Wildman–Crippen MR) is 61.6 cm³/mol. The van der Waals surface area contributed by atoms with Crippen molar-refractivity contribution < 1.29 is 4.74 Å². The average molecular weight is 205 g/mol. The highest BCUT2D eigenvalue weighted by Gasteiger charge is 1.96. The summed E-state index contributed by atoms with van der Waals surface area (Å²) >= 11 is 1.99. The Morgan fingerprint density at radius 2 is 2.08 bits per heavy atom. The van der Waals surface area contributed by atoms with Crippen LogP contribution in [0.3, 0.4) is 0 Å². The summed E-state index contributed by atoms with van der Waals surface area (Å²) in [6.45, 7) is 3.12. The molecule has 0 aliphatic carbocycles. The Hall–Kier alpha value is 0.270. The SMILES string of the molecule is CNC(C)CCCCSCCOC. The van der Waals surface area contributed by atoms with E-state index in [-0.39, 0.29) is 0 Å². The summed E-state index contributed by atoms with van der Waals surface area (Å²) in [6.07, 6.45) is 3.96. The number of methoxy groups -OCH3 is 1. The van der Waals surface area contributed by atoms with Crippen LogP contribution in [0.5, 0.6) is 0 Å². The Labute approximate surface area is 86.8 Å². The van der Waals surface area contributed by atoms with Gasteiger partial charge in [0.2, 0.25) is 0 Å². The van der Waals surface area contributed by atoms with Crippen molar-refractivity contribution in [2.75, 3.05) is 32.3 Å². The molecule has 0 fully saturated rings. The minimum absolute atomic E-state index is 0.670. The maximum Gasteiger partial charge on any atom is 0.0552 e. The molecule has 0 saturated heterocycles. The van der Waals surface area contributed by atoms with Gasteiger partial charge >= 0.3 is 0 Å². The van der Waals surface area contributed by atoms with Crippen molar-refractivity contribution in [2.24, 2.45) is 0 Å². The second-order valence-corrected chi connectivity index (χ2v) is 4.52. The van der Waals surface area contributed by atoms with E-state index < -0.39 is 0 Å². The first kappa shape index (κ1) is 13.3. The Balaban J connectivity index is 2.91. The molecular weight excluding hydrogens is 182 g/mol. The molecule has 0 heterocycles. The largest absolute Gasteiger partial charge is 0.384 e. The van der Waals surface area contributed by atoms with Crippen molar-refractivity contribution in [1.29, 1.82) is 0 Å². The molecule has 0 aromatic rings. The van der Waals surface area contributed by atoms with Crippen LogP contribution in [-0.2, 0) is 4.74 Å². The summed E-state index contributed by atoms with van der Waals surface area (Å²) in [7, 11) is 3.78. The summed E-state index contributed by atoms with van der Waals surface area (Å²) in [4.78, 5) is 0. The highest BCUT2D eigenvalue weighted by molar-refractivity contribution is 7.99. The lowest BCUT2D eigenvalue weighted by Crippen LogP contribution is -2.20. The number of unbranched alkanes of at least 4 members (excludes halogenated alkanes) is 1. The maximum atomic E-state index is 4.97. The van der Waals surface area contributed by atoms with Crippen molar-refractivity contribution in [3.63, 3.8) is 0 Å². The first-order chi connectivity index (χ1) is 6.31. The lowest BCUT2D eigenvalue weighted by Gasteiger charge is -2.08. The van der Waals surface area contributed by atoms with E-state index in [1.54, 1.807) is 7.11 Å². The molecular formula is C10H23NOS. The predicted octanol–water partition coefficient (Wildman–Crippen LogP) is 2.14. The molecule has 0 aliphatic rings. The smallest absolute Gasteiger partial charge is 0.0552 e. The van der Waals surface area contributed by atoms with E-state index in [9.17, 15) is 0 Å². The number of rotatable bonds is 9. The van der Waals surface area contributed by atoms with Gasteiger partial charge in [0, 0.05) is 18.9 Å². The first-order valence-electron chi connectivity index (χ1n) is 5.05. The standard InChI is InChI=1S/C10H23NOS/c1-10(11-2)6-4-5-8-13-9-7-12-3/h10-11H,4-9H2,1-3H3. The third-order valence-electron chi connectivity index (χ3n) is 2.10. The molecule has 3 heteroatoms. The first-order valence-corrected chi connectivity index (χ1v) is 6.20. The van der Waals surface area contributed by atoms with Crippen molar-refractivity contribution in [1.82, 2.24) is 5.32 Å². The monoisotopic (exact) mass is 205 g/mol. The molecule has 13 heavy (non-hydrogen) atoms. The third kappa shape index (κ3) is 10.2. The fraction of sp³-hybridized carbons (Fsp3) is 1.00. The summed E-state index contributed by atoms with van der Waals surface area (Å²) in [5.74, 6) is 2.41. The van der Waals surface area contributed by atoms with Gasteiger partial charge in [-0.1, -0.05) is 6.42 Å². The highest BCUT2D eigenvalue weighted by atomic mass is 32.2. The van der Waals surface area contributed by atoms with Gasteiger partial charge in [0.05, 0.1) is 6.61 Å². The average Bonchev–Trinajstić information content (AvgIpc) is 2.16. The minimum Gasteiger partial charge on any atom is -0.384 e. The lowest BCUT2D eigenvalue weighted by molar-refractivity contribution is 0.218. The molecule has 2 nitrogen and oxygen atoms in total. The Bertz CT molecular complexity index is 101. The van der Waals surface area contributed by atoms with Gasteiger partial charge < -0.3 is 10.1 Å². The molecule has 0 aliphatic heterocycles. The molecule has 0 aromatic heterocycles. The molecule has 1 atom stereocenters. The van der Waals surface area contributed by atoms with E-state index >= 15 is 0 Å². The van der Waals surface area contributed by atoms with E-state index in [4.69, 9.17) is 4.74 Å². The van der Waals surface area contributed by atoms with Crippen molar-refractivity contribution in [2.45, 2.75) is 32.2 Å². The molecule has 80 valence electrons. The molecule has 1 unspecified atom stereocenters. The van der Waals surface area contributed by atoms with Gasteiger partial charge in [0.1, 0.15) is 0 Å². The summed E-state index contributed by atoms with van der Waals surface area (Å²) in [6, 6.07) is 0.670. The third-order valence-corrected chi connectivity index (χ3v) is 3.13. The quantitative estimate of drug-likeness (QED) is 0.583. The molecule has 1 N–H and O–H groups in total. The fourth-order valence-electron chi connectivity index (χ4n) is 1.04. The number of nitrogens with one attached hydrogen (secondary N) is 1. The summed E-state index contributed by atoms with van der Waals surface area (Å²) < 4.78 is 4.97. The molecule has 0 bridgehead atoms. The molecule has 0 saturated carbocycles. The van der Waals surface area contributed by atoms with Crippen LogP contribution in [0, 0.1) is 0 Å². The van der Waals surface area contributed by atoms with Crippen LogP contribution in [0.2, 0.25) is 0 Å². The van der Waals surface area contributed by atoms with Gasteiger partial charge in [0.25, 0.3) is 0 Å². The summed E-state index contributed by atoms with van der Waals surface area (Å²) in [5, 5.41) is 3.25. The zero-order valence-corrected chi connectivity index (χ0v) is 9.95. The van der Waals surface area contributed by atoms with Crippen LogP contribution < -0.4 is 5.32 Å². The van der Waals surface area contributed by atoms with E-state index in [2.05, 4.69) is 12.2 Å². The lowest BCUT2D eigenvalue weighted by atomic mass is 10.1. The van der Waals surface area contributed by atoms with Gasteiger partial charge in [-0.15, -0.1) is 0 Å².